The number of nitrogens with zero attached hydrogens (tertiary/aromatic N) is 2. The minimum absolute atomic E-state index is 0.685. The smallest absolute Gasteiger partial charge is 0.139 e. The first kappa shape index (κ1) is 20.9. The topological polar surface area (TPSA) is 38.6 Å². The maximum absolute atomic E-state index is 5.27. The van der Waals surface area contributed by atoms with Crippen LogP contribution in [0.5, 0.6) is 5.75 Å². The molecule has 2 aromatic carbocycles. The molecule has 0 spiro atoms. The number of aromatic nitrogens is 2. The molecule has 0 fully saturated rings. The normalized spacial score (nSPS) is 10.6. The van der Waals surface area contributed by atoms with Gasteiger partial charge in [0.15, 0.2) is 0 Å². The zero-order chi connectivity index (χ0) is 22.6. The highest BCUT2D eigenvalue weighted by Gasteiger charge is 2.16. The van der Waals surface area contributed by atoms with E-state index in [0.717, 1.165) is 38.2 Å². The van der Waals surface area contributed by atoms with Gasteiger partial charge in [-0.1, -0.05) is 48.2 Å². The molecule has 1 N–H and O–H groups in total. The molecule has 162 valence electrons. The van der Waals surface area contributed by atoms with E-state index in [-0.39, 0.29) is 0 Å². The van der Waals surface area contributed by atoms with E-state index >= 15 is 0 Å². The van der Waals surface area contributed by atoms with Gasteiger partial charge >= 0.3 is 0 Å². The molecule has 3 heterocycles. The van der Waals surface area contributed by atoms with Crippen molar-refractivity contribution in [2.75, 3.05) is 12.4 Å². The first-order chi connectivity index (χ1) is 16.2. The maximum Gasteiger partial charge on any atom is 0.139 e. The van der Waals surface area contributed by atoms with Crippen molar-refractivity contribution in [2.24, 2.45) is 0 Å². The second kappa shape index (κ2) is 9.23. The largest absolute Gasteiger partial charge is 0.497 e. The fourth-order valence-electron chi connectivity index (χ4n) is 3.61. The highest BCUT2D eigenvalue weighted by atomic mass is 32.1. The summed E-state index contributed by atoms with van der Waals surface area (Å²) in [6.07, 6.45) is 2.12. The molecular weight excluding hydrogens is 426 g/mol. The molecule has 0 saturated heterocycles. The number of hydrogen-bond donors (Lipinski definition) is 1. The molecule has 0 aliphatic rings. The van der Waals surface area contributed by atoms with Crippen molar-refractivity contribution in [1.82, 2.24) is 9.38 Å². The van der Waals surface area contributed by atoms with E-state index in [9.17, 15) is 0 Å². The highest BCUT2D eigenvalue weighted by Crippen LogP contribution is 2.34. The summed E-state index contributed by atoms with van der Waals surface area (Å²) in [7, 11) is 1.68. The lowest BCUT2D eigenvalue weighted by atomic mass is 10.2. The van der Waals surface area contributed by atoms with Gasteiger partial charge in [-0.05, 0) is 60.5 Å². The Morgan fingerprint density at radius 3 is 2.55 bits per heavy atom. The van der Waals surface area contributed by atoms with Crippen molar-refractivity contribution in [3.8, 4) is 28.2 Å². The number of methoxy groups -OCH3 is 1. The minimum Gasteiger partial charge on any atom is -0.497 e. The Morgan fingerprint density at radius 1 is 0.939 bits per heavy atom. The standard InChI is InChI=1S/C28H23N3OS/c1-20-8-17-26-30-27(25-16-15-24(33-25)14-11-21-6-4-3-5-7-21)28(31(26)19-20)29-18-22-9-12-23(32-2)13-10-22/h3-10,12-13,15-17,19,29H,18H2,1-2H3. The SMILES string of the molecule is COc1ccc(CNc2c(-c3ccc(C#Cc4ccccc4)s3)nc3ccc(C)cn23)cc1. The summed E-state index contributed by atoms with van der Waals surface area (Å²) in [6.45, 7) is 2.78. The fourth-order valence-corrected chi connectivity index (χ4v) is 4.46. The van der Waals surface area contributed by atoms with E-state index in [0.29, 0.717) is 6.54 Å². The van der Waals surface area contributed by atoms with E-state index in [1.807, 2.05) is 42.5 Å². The summed E-state index contributed by atoms with van der Waals surface area (Å²) in [5, 5.41) is 3.61. The molecule has 0 amide bonds. The zero-order valence-corrected chi connectivity index (χ0v) is 19.3. The van der Waals surface area contributed by atoms with Gasteiger partial charge in [0.1, 0.15) is 22.9 Å². The van der Waals surface area contributed by atoms with Crippen LogP contribution >= 0.6 is 11.3 Å². The van der Waals surface area contributed by atoms with Gasteiger partial charge in [0.05, 0.1) is 16.9 Å². The minimum atomic E-state index is 0.685. The van der Waals surface area contributed by atoms with Crippen molar-refractivity contribution in [3.05, 3.63) is 107 Å². The lowest BCUT2D eigenvalue weighted by molar-refractivity contribution is 0.414. The predicted octanol–water partition coefficient (Wildman–Crippen LogP) is 6.39. The number of aryl methyl sites for hydroxylation is 1. The molecular formula is C28H23N3OS. The number of thiophene rings is 1. The Hall–Kier alpha value is -4.01. The van der Waals surface area contributed by atoms with Crippen LogP contribution in [0.4, 0.5) is 5.82 Å². The molecule has 0 aliphatic carbocycles. The van der Waals surface area contributed by atoms with Crippen LogP contribution in [0.1, 0.15) is 21.6 Å². The first-order valence-electron chi connectivity index (χ1n) is 10.7. The second-order valence-corrected chi connectivity index (χ2v) is 8.81. The number of nitrogens with one attached hydrogen (secondary N) is 1. The lowest BCUT2D eigenvalue weighted by Crippen LogP contribution is -2.03. The molecule has 0 aliphatic heterocycles. The fraction of sp³-hybridized carbons (Fsp3) is 0.107. The summed E-state index contributed by atoms with van der Waals surface area (Å²) in [5.74, 6) is 8.36. The molecule has 5 rings (SSSR count). The third kappa shape index (κ3) is 4.62. The molecule has 0 saturated carbocycles. The number of fused-ring (bicyclic) bond motifs is 1. The summed E-state index contributed by atoms with van der Waals surface area (Å²) >= 11 is 1.66. The summed E-state index contributed by atoms with van der Waals surface area (Å²) in [5.41, 5.74) is 5.21. The Bertz CT molecular complexity index is 1450. The molecule has 5 heteroatoms. The van der Waals surface area contributed by atoms with Crippen molar-refractivity contribution in [2.45, 2.75) is 13.5 Å². The average Bonchev–Trinajstić information content (AvgIpc) is 3.47. The van der Waals surface area contributed by atoms with Crippen molar-refractivity contribution in [3.63, 3.8) is 0 Å². The van der Waals surface area contributed by atoms with Gasteiger partial charge in [0, 0.05) is 18.3 Å². The molecule has 4 nitrogen and oxygen atoms in total. The van der Waals surface area contributed by atoms with Crippen molar-refractivity contribution in [1.29, 1.82) is 0 Å². The number of anilines is 1. The molecule has 5 aromatic rings. The summed E-state index contributed by atoms with van der Waals surface area (Å²) < 4.78 is 7.40. The van der Waals surface area contributed by atoms with E-state index < -0.39 is 0 Å². The average molecular weight is 450 g/mol. The summed E-state index contributed by atoms with van der Waals surface area (Å²) in [6, 6.07) is 26.5. The van der Waals surface area contributed by atoms with Gasteiger partial charge < -0.3 is 10.1 Å². The van der Waals surface area contributed by atoms with Crippen LogP contribution in [-0.2, 0) is 6.54 Å². The number of hydrogen-bond acceptors (Lipinski definition) is 4. The molecule has 0 bridgehead atoms. The Kier molecular flexibility index (Phi) is 5.84. The van der Waals surface area contributed by atoms with Crippen LogP contribution in [0.15, 0.2) is 85.1 Å². The number of ether oxygens (including phenoxy) is 1. The van der Waals surface area contributed by atoms with Crippen LogP contribution < -0.4 is 10.1 Å². The van der Waals surface area contributed by atoms with E-state index in [1.54, 1.807) is 18.4 Å². The van der Waals surface area contributed by atoms with Crippen LogP contribution in [-0.4, -0.2) is 16.5 Å². The Labute approximate surface area is 197 Å². The number of rotatable bonds is 5. The van der Waals surface area contributed by atoms with E-state index in [1.165, 1.54) is 11.1 Å². The quantitative estimate of drug-likeness (QED) is 0.316. The maximum atomic E-state index is 5.27. The number of benzene rings is 2. The second-order valence-electron chi connectivity index (χ2n) is 7.73. The molecule has 33 heavy (non-hydrogen) atoms. The highest BCUT2D eigenvalue weighted by molar-refractivity contribution is 7.16. The third-order valence-corrected chi connectivity index (χ3v) is 6.34. The van der Waals surface area contributed by atoms with Crippen LogP contribution in [0, 0.1) is 18.8 Å². The first-order valence-corrected chi connectivity index (χ1v) is 11.5. The number of pyridine rings is 1. The third-order valence-electron chi connectivity index (χ3n) is 5.33. The predicted molar refractivity (Wildman–Crippen MR) is 136 cm³/mol. The van der Waals surface area contributed by atoms with Crippen molar-refractivity contribution < 1.29 is 4.74 Å². The Morgan fingerprint density at radius 2 is 1.76 bits per heavy atom. The molecule has 0 unspecified atom stereocenters. The van der Waals surface area contributed by atoms with Gasteiger partial charge in [-0.3, -0.25) is 4.40 Å². The molecule has 0 radical (unpaired) electrons. The number of imidazole rings is 1. The van der Waals surface area contributed by atoms with Crippen LogP contribution in [0.2, 0.25) is 0 Å². The molecule has 3 aromatic heterocycles. The van der Waals surface area contributed by atoms with Gasteiger partial charge in [-0.25, -0.2) is 4.98 Å². The summed E-state index contributed by atoms with van der Waals surface area (Å²) in [4.78, 5) is 7.04. The Balaban J connectivity index is 1.47. The monoisotopic (exact) mass is 449 g/mol. The van der Waals surface area contributed by atoms with Gasteiger partial charge in [0.25, 0.3) is 0 Å². The van der Waals surface area contributed by atoms with Gasteiger partial charge in [-0.15, -0.1) is 11.3 Å². The molecule has 0 atom stereocenters. The van der Waals surface area contributed by atoms with Crippen LogP contribution in [0.3, 0.4) is 0 Å². The van der Waals surface area contributed by atoms with Crippen LogP contribution in [0.25, 0.3) is 16.2 Å². The van der Waals surface area contributed by atoms with E-state index in [4.69, 9.17) is 9.72 Å². The van der Waals surface area contributed by atoms with Gasteiger partial charge in [0.2, 0.25) is 0 Å². The van der Waals surface area contributed by atoms with E-state index in [2.05, 4.69) is 71.1 Å². The van der Waals surface area contributed by atoms with Crippen molar-refractivity contribution >= 4 is 22.8 Å². The van der Waals surface area contributed by atoms with Gasteiger partial charge in [-0.2, -0.15) is 0 Å². The lowest BCUT2D eigenvalue weighted by Gasteiger charge is -2.09. The zero-order valence-electron chi connectivity index (χ0n) is 18.5.